The number of carbonyl (C=O) groups is 4. The molecule has 9 nitrogen and oxygen atoms in total. The van der Waals surface area contributed by atoms with E-state index in [1.165, 1.54) is 13.2 Å². The average Bonchev–Trinajstić information content (AvgIpc) is 3.13. The van der Waals surface area contributed by atoms with E-state index >= 15 is 0 Å². The molecule has 2 aromatic carbocycles. The Labute approximate surface area is 183 Å². The van der Waals surface area contributed by atoms with Crippen LogP contribution in [0.5, 0.6) is 5.75 Å². The molecule has 1 aliphatic heterocycles. The summed E-state index contributed by atoms with van der Waals surface area (Å²) in [6.45, 7) is -0.588. The number of amides is 3. The zero-order valence-corrected chi connectivity index (χ0v) is 17.3. The summed E-state index contributed by atoms with van der Waals surface area (Å²) in [4.78, 5) is 48.8. The standard InChI is InChI=1S/C21H20ClN3O6/c1-30-17-9-5-4-8-16(17)23-18(26)12-31-21(29)13-10-19(27)25(11-13)24-20(28)14-6-2-3-7-15(14)22/h2-9,13H,10-12H2,1H3,(H,23,26)(H,24,28)/t13-/m1/s1. The van der Waals surface area contributed by atoms with Crippen molar-refractivity contribution in [3.05, 3.63) is 59.1 Å². The molecule has 0 radical (unpaired) electrons. The quantitative estimate of drug-likeness (QED) is 0.630. The van der Waals surface area contributed by atoms with E-state index in [0.717, 1.165) is 5.01 Å². The third kappa shape index (κ3) is 5.52. The van der Waals surface area contributed by atoms with E-state index in [9.17, 15) is 19.2 Å². The summed E-state index contributed by atoms with van der Waals surface area (Å²) in [5.74, 6) is -2.61. The van der Waals surface area contributed by atoms with Crippen LogP contribution in [0.2, 0.25) is 5.02 Å². The fourth-order valence-electron chi connectivity index (χ4n) is 2.99. The first-order valence-corrected chi connectivity index (χ1v) is 9.72. The van der Waals surface area contributed by atoms with Gasteiger partial charge in [-0.15, -0.1) is 0 Å². The molecule has 1 atom stereocenters. The second-order valence-corrected chi connectivity index (χ2v) is 7.09. The third-order valence-electron chi connectivity index (χ3n) is 4.54. The van der Waals surface area contributed by atoms with Gasteiger partial charge in [-0.05, 0) is 24.3 Å². The topological polar surface area (TPSA) is 114 Å². The Morgan fingerprint density at radius 3 is 2.58 bits per heavy atom. The van der Waals surface area contributed by atoms with E-state index < -0.39 is 36.2 Å². The summed E-state index contributed by atoms with van der Waals surface area (Å²) in [6.07, 6.45) is -0.143. The molecule has 0 aromatic heterocycles. The van der Waals surface area contributed by atoms with Gasteiger partial charge in [0.05, 0.1) is 35.8 Å². The lowest BCUT2D eigenvalue weighted by atomic mass is 10.1. The van der Waals surface area contributed by atoms with E-state index in [0.29, 0.717) is 11.4 Å². The van der Waals surface area contributed by atoms with Gasteiger partial charge in [-0.25, -0.2) is 0 Å². The van der Waals surface area contributed by atoms with Crippen LogP contribution in [0.3, 0.4) is 0 Å². The molecule has 1 aliphatic rings. The van der Waals surface area contributed by atoms with Gasteiger partial charge in [-0.3, -0.25) is 29.6 Å². The predicted octanol–water partition coefficient (Wildman–Crippen LogP) is 2.02. The molecule has 3 rings (SSSR count). The molecule has 0 aliphatic carbocycles. The predicted molar refractivity (Wildman–Crippen MR) is 111 cm³/mol. The number of carbonyl (C=O) groups excluding carboxylic acids is 4. The molecular formula is C21H20ClN3O6. The molecular weight excluding hydrogens is 426 g/mol. The van der Waals surface area contributed by atoms with E-state index in [1.54, 1.807) is 42.5 Å². The maximum absolute atomic E-state index is 12.3. The minimum atomic E-state index is -0.807. The van der Waals surface area contributed by atoms with E-state index in [4.69, 9.17) is 21.1 Å². The molecule has 1 fully saturated rings. The van der Waals surface area contributed by atoms with E-state index in [1.807, 2.05) is 0 Å². The highest BCUT2D eigenvalue weighted by atomic mass is 35.5. The van der Waals surface area contributed by atoms with Crippen molar-refractivity contribution in [1.82, 2.24) is 10.4 Å². The maximum Gasteiger partial charge on any atom is 0.311 e. The van der Waals surface area contributed by atoms with Gasteiger partial charge in [0.15, 0.2) is 6.61 Å². The van der Waals surface area contributed by atoms with Crippen LogP contribution in [0, 0.1) is 5.92 Å². The minimum Gasteiger partial charge on any atom is -0.495 e. The zero-order chi connectivity index (χ0) is 22.4. The molecule has 1 saturated heterocycles. The zero-order valence-electron chi connectivity index (χ0n) is 16.6. The normalized spacial score (nSPS) is 15.4. The molecule has 2 N–H and O–H groups in total. The number of esters is 1. The highest BCUT2D eigenvalue weighted by Crippen LogP contribution is 2.23. The van der Waals surface area contributed by atoms with Crippen LogP contribution in [0.1, 0.15) is 16.8 Å². The molecule has 0 saturated carbocycles. The number of ether oxygens (including phenoxy) is 2. The molecule has 2 aromatic rings. The number of nitrogens with one attached hydrogen (secondary N) is 2. The Morgan fingerprint density at radius 1 is 1.13 bits per heavy atom. The Bertz CT molecular complexity index is 1010. The van der Waals surface area contributed by atoms with Gasteiger partial charge in [-0.2, -0.15) is 0 Å². The Kier molecular flexibility index (Phi) is 7.09. The SMILES string of the molecule is COc1ccccc1NC(=O)COC(=O)[C@@H]1CC(=O)N(NC(=O)c2ccccc2Cl)C1. The van der Waals surface area contributed by atoms with Crippen molar-refractivity contribution in [2.45, 2.75) is 6.42 Å². The number of hydrazine groups is 1. The number of hydrogen-bond acceptors (Lipinski definition) is 6. The Hall–Kier alpha value is -3.59. The van der Waals surface area contributed by atoms with Crippen LogP contribution in [-0.2, 0) is 19.1 Å². The number of rotatable bonds is 7. The first-order valence-electron chi connectivity index (χ1n) is 9.34. The van der Waals surface area contributed by atoms with Gasteiger partial charge in [0.2, 0.25) is 5.91 Å². The fourth-order valence-corrected chi connectivity index (χ4v) is 3.21. The highest BCUT2D eigenvalue weighted by molar-refractivity contribution is 6.33. The lowest BCUT2D eigenvalue weighted by Crippen LogP contribution is -2.43. The van der Waals surface area contributed by atoms with Crippen LogP contribution in [0.25, 0.3) is 0 Å². The van der Waals surface area contributed by atoms with Crippen molar-refractivity contribution in [3.63, 3.8) is 0 Å². The summed E-state index contributed by atoms with van der Waals surface area (Å²) in [5.41, 5.74) is 3.09. The second-order valence-electron chi connectivity index (χ2n) is 6.68. The lowest BCUT2D eigenvalue weighted by Gasteiger charge is -2.18. The van der Waals surface area contributed by atoms with E-state index in [-0.39, 0.29) is 23.6 Å². The van der Waals surface area contributed by atoms with Gasteiger partial charge in [-0.1, -0.05) is 35.9 Å². The maximum atomic E-state index is 12.3. The minimum absolute atomic E-state index is 0.0675. The van der Waals surface area contributed by atoms with Crippen LogP contribution in [0.4, 0.5) is 5.69 Å². The summed E-state index contributed by atoms with van der Waals surface area (Å²) in [5, 5.41) is 3.87. The van der Waals surface area contributed by atoms with Crippen LogP contribution >= 0.6 is 11.6 Å². The molecule has 0 unspecified atom stereocenters. The molecule has 1 heterocycles. The van der Waals surface area contributed by atoms with Crippen molar-refractivity contribution in [3.8, 4) is 5.75 Å². The van der Waals surface area contributed by atoms with Gasteiger partial charge < -0.3 is 14.8 Å². The number of benzene rings is 2. The van der Waals surface area contributed by atoms with Crippen molar-refractivity contribution in [2.24, 2.45) is 5.92 Å². The van der Waals surface area contributed by atoms with Crippen LogP contribution < -0.4 is 15.5 Å². The summed E-state index contributed by atoms with van der Waals surface area (Å²) in [7, 11) is 1.47. The van der Waals surface area contributed by atoms with Gasteiger partial charge in [0.25, 0.3) is 11.8 Å². The number of halogens is 1. The largest absolute Gasteiger partial charge is 0.495 e. The highest BCUT2D eigenvalue weighted by Gasteiger charge is 2.37. The van der Waals surface area contributed by atoms with Crippen molar-refractivity contribution in [2.75, 3.05) is 25.6 Å². The van der Waals surface area contributed by atoms with E-state index in [2.05, 4.69) is 10.7 Å². The van der Waals surface area contributed by atoms with Crippen LogP contribution in [0.15, 0.2) is 48.5 Å². The molecule has 10 heteroatoms. The molecule has 31 heavy (non-hydrogen) atoms. The first-order chi connectivity index (χ1) is 14.9. The number of hydrogen-bond donors (Lipinski definition) is 2. The molecule has 162 valence electrons. The third-order valence-corrected chi connectivity index (χ3v) is 4.87. The number of methoxy groups -OCH3 is 1. The number of nitrogens with zero attached hydrogens (tertiary/aromatic N) is 1. The molecule has 0 bridgehead atoms. The Balaban J connectivity index is 1.50. The number of para-hydroxylation sites is 2. The lowest BCUT2D eigenvalue weighted by molar-refractivity contribution is -0.151. The molecule has 0 spiro atoms. The Morgan fingerprint density at radius 2 is 1.84 bits per heavy atom. The monoisotopic (exact) mass is 445 g/mol. The van der Waals surface area contributed by atoms with Gasteiger partial charge in [0, 0.05) is 6.42 Å². The summed E-state index contributed by atoms with van der Waals surface area (Å²) >= 11 is 5.98. The van der Waals surface area contributed by atoms with Crippen molar-refractivity contribution >= 4 is 41.0 Å². The van der Waals surface area contributed by atoms with Gasteiger partial charge >= 0.3 is 5.97 Å². The first kappa shape index (κ1) is 22.1. The van der Waals surface area contributed by atoms with Gasteiger partial charge in [0.1, 0.15) is 5.75 Å². The fraction of sp³-hybridized carbons (Fsp3) is 0.238. The summed E-state index contributed by atoms with van der Waals surface area (Å²) < 4.78 is 10.2. The van der Waals surface area contributed by atoms with Crippen molar-refractivity contribution in [1.29, 1.82) is 0 Å². The van der Waals surface area contributed by atoms with Crippen LogP contribution in [-0.4, -0.2) is 49.0 Å². The smallest absolute Gasteiger partial charge is 0.311 e. The number of anilines is 1. The summed E-state index contributed by atoms with van der Waals surface area (Å²) in [6, 6.07) is 13.2. The van der Waals surface area contributed by atoms with Crippen molar-refractivity contribution < 1.29 is 28.7 Å². The average molecular weight is 446 g/mol. The molecule has 3 amide bonds. The second kappa shape index (κ2) is 9.94.